The Morgan fingerprint density at radius 3 is 2.00 bits per heavy atom. The average molecular weight is 164 g/mol. The van der Waals surface area contributed by atoms with Crippen molar-refractivity contribution >= 4 is 10.8 Å². The van der Waals surface area contributed by atoms with E-state index in [4.69, 9.17) is 0 Å². The van der Waals surface area contributed by atoms with Crippen LogP contribution in [-0.4, -0.2) is 27.4 Å². The van der Waals surface area contributed by atoms with Gasteiger partial charge in [-0.1, -0.05) is 20.8 Å². The molecule has 0 aromatic heterocycles. The molecule has 0 rings (SSSR count). The van der Waals surface area contributed by atoms with Crippen LogP contribution >= 0.6 is 0 Å². The predicted octanol–water partition coefficient (Wildman–Crippen LogP) is 0.772. The molecule has 2 atom stereocenters. The number of hydrogen-bond acceptors (Lipinski definition) is 2. The molecule has 0 aromatic rings. The van der Waals surface area contributed by atoms with Gasteiger partial charge in [0.2, 0.25) is 0 Å². The minimum atomic E-state index is -0.892. The topological polar surface area (TPSA) is 37.3 Å². The summed E-state index contributed by atoms with van der Waals surface area (Å²) in [5.74, 6) is 0.378. The van der Waals surface area contributed by atoms with Crippen LogP contribution < -0.4 is 0 Å². The first-order valence-corrected chi connectivity index (χ1v) is 5.05. The molecule has 62 valence electrons. The molecule has 0 aliphatic heterocycles. The molecule has 2 nitrogen and oxygen atoms in total. The van der Waals surface area contributed by atoms with E-state index < -0.39 is 16.9 Å². The van der Waals surface area contributed by atoms with Crippen LogP contribution in [0.4, 0.5) is 0 Å². The van der Waals surface area contributed by atoms with E-state index >= 15 is 0 Å². The summed E-state index contributed by atoms with van der Waals surface area (Å²) in [5.41, 5.74) is -0.147. The highest BCUT2D eigenvalue weighted by Gasteiger charge is 2.22. The van der Waals surface area contributed by atoms with Gasteiger partial charge in [0.05, 0.1) is 6.10 Å². The largest absolute Gasteiger partial charge is 0.392 e. The van der Waals surface area contributed by atoms with Crippen LogP contribution in [0.15, 0.2) is 0 Å². The van der Waals surface area contributed by atoms with E-state index in [0.717, 1.165) is 0 Å². The molecule has 0 saturated heterocycles. The molecule has 0 radical (unpaired) electrons. The van der Waals surface area contributed by atoms with Gasteiger partial charge in [-0.15, -0.1) is 0 Å². The van der Waals surface area contributed by atoms with Gasteiger partial charge in [-0.05, 0) is 5.41 Å². The van der Waals surface area contributed by atoms with Gasteiger partial charge in [-0.2, -0.15) is 0 Å². The molecule has 0 spiro atoms. The lowest BCUT2D eigenvalue weighted by Crippen LogP contribution is -2.31. The van der Waals surface area contributed by atoms with E-state index in [1.807, 2.05) is 20.8 Å². The summed E-state index contributed by atoms with van der Waals surface area (Å²) in [6.07, 6.45) is 1.15. The van der Waals surface area contributed by atoms with Crippen LogP contribution in [0.2, 0.25) is 0 Å². The Balaban J connectivity index is 3.85. The Hall–Kier alpha value is 0.110. The van der Waals surface area contributed by atoms with Crippen LogP contribution in [-0.2, 0) is 10.8 Å². The van der Waals surface area contributed by atoms with Gasteiger partial charge >= 0.3 is 0 Å². The molecule has 0 heterocycles. The fraction of sp³-hybridized carbons (Fsp3) is 1.00. The first-order valence-electron chi connectivity index (χ1n) is 3.32. The lowest BCUT2D eigenvalue weighted by atomic mass is 9.90. The van der Waals surface area contributed by atoms with Gasteiger partial charge in [-0.3, -0.25) is 4.21 Å². The van der Waals surface area contributed by atoms with Crippen LogP contribution in [0.25, 0.3) is 0 Å². The third kappa shape index (κ3) is 4.01. The highest BCUT2D eigenvalue weighted by Crippen LogP contribution is 2.19. The molecule has 3 heteroatoms. The Morgan fingerprint density at radius 2 is 1.90 bits per heavy atom. The second-order valence-corrected chi connectivity index (χ2v) is 5.10. The summed E-state index contributed by atoms with van der Waals surface area (Å²) in [6.45, 7) is 5.81. The first-order chi connectivity index (χ1) is 4.34. The van der Waals surface area contributed by atoms with Crippen molar-refractivity contribution in [2.24, 2.45) is 5.41 Å². The standard InChI is InChI=1S/C7H16O2S/c1-7(2,3)6(8)5-10(4)9/h6,8H,5H2,1-4H3. The first kappa shape index (κ1) is 10.1. The summed E-state index contributed by atoms with van der Waals surface area (Å²) in [5, 5.41) is 9.36. The zero-order valence-electron chi connectivity index (χ0n) is 7.05. The van der Waals surface area contributed by atoms with Gasteiger partial charge in [0.15, 0.2) is 0 Å². The molecule has 0 saturated carbocycles. The minimum absolute atomic E-state index is 0.147. The Kier molecular flexibility index (Phi) is 3.52. The van der Waals surface area contributed by atoms with Crippen molar-refractivity contribution in [2.45, 2.75) is 26.9 Å². The third-order valence-electron chi connectivity index (χ3n) is 1.39. The minimum Gasteiger partial charge on any atom is -0.392 e. The molecule has 0 bridgehead atoms. The summed E-state index contributed by atoms with van der Waals surface area (Å²) in [6, 6.07) is 0. The van der Waals surface area contributed by atoms with Crippen molar-refractivity contribution in [2.75, 3.05) is 12.0 Å². The molecule has 2 unspecified atom stereocenters. The molecular formula is C7H16O2S. The molecule has 10 heavy (non-hydrogen) atoms. The van der Waals surface area contributed by atoms with E-state index in [-0.39, 0.29) is 5.41 Å². The molecule has 0 fully saturated rings. The van der Waals surface area contributed by atoms with Gasteiger partial charge < -0.3 is 5.11 Å². The Bertz CT molecular complexity index is 126. The zero-order valence-corrected chi connectivity index (χ0v) is 7.86. The van der Waals surface area contributed by atoms with E-state index in [0.29, 0.717) is 5.75 Å². The summed E-state index contributed by atoms with van der Waals surface area (Å²) in [7, 11) is -0.892. The van der Waals surface area contributed by atoms with E-state index in [9.17, 15) is 9.32 Å². The zero-order chi connectivity index (χ0) is 8.36. The van der Waals surface area contributed by atoms with E-state index in [2.05, 4.69) is 0 Å². The number of aliphatic hydroxyl groups excluding tert-OH is 1. The third-order valence-corrected chi connectivity index (χ3v) is 2.18. The van der Waals surface area contributed by atoms with Gasteiger partial charge in [-0.25, -0.2) is 0 Å². The second kappa shape index (κ2) is 3.49. The maximum Gasteiger partial charge on any atom is 0.0703 e. The van der Waals surface area contributed by atoms with E-state index in [1.165, 1.54) is 0 Å². The molecular weight excluding hydrogens is 148 g/mol. The number of aliphatic hydroxyl groups is 1. The molecule has 0 aliphatic rings. The fourth-order valence-corrected chi connectivity index (χ4v) is 1.42. The van der Waals surface area contributed by atoms with Crippen molar-refractivity contribution in [3.05, 3.63) is 0 Å². The van der Waals surface area contributed by atoms with Crippen molar-refractivity contribution < 1.29 is 9.32 Å². The van der Waals surface area contributed by atoms with E-state index in [1.54, 1.807) is 6.26 Å². The summed E-state index contributed by atoms with van der Waals surface area (Å²) in [4.78, 5) is 0. The van der Waals surface area contributed by atoms with Gasteiger partial charge in [0, 0.05) is 22.8 Å². The van der Waals surface area contributed by atoms with Crippen LogP contribution in [0, 0.1) is 5.41 Å². The fourth-order valence-electron chi connectivity index (χ4n) is 0.472. The van der Waals surface area contributed by atoms with Gasteiger partial charge in [0.25, 0.3) is 0 Å². The SMILES string of the molecule is CS(=O)CC(O)C(C)(C)C. The van der Waals surface area contributed by atoms with Crippen LogP contribution in [0.3, 0.4) is 0 Å². The second-order valence-electron chi connectivity index (χ2n) is 3.62. The molecule has 0 amide bonds. The maximum absolute atomic E-state index is 10.7. The summed E-state index contributed by atoms with van der Waals surface area (Å²) >= 11 is 0. The predicted molar refractivity (Wildman–Crippen MR) is 44.4 cm³/mol. The lowest BCUT2D eigenvalue weighted by molar-refractivity contribution is 0.0835. The van der Waals surface area contributed by atoms with Crippen LogP contribution in [0.1, 0.15) is 20.8 Å². The highest BCUT2D eigenvalue weighted by atomic mass is 32.2. The molecule has 0 aliphatic carbocycles. The number of hydrogen-bond donors (Lipinski definition) is 1. The normalized spacial score (nSPS) is 18.5. The highest BCUT2D eigenvalue weighted by molar-refractivity contribution is 7.84. The Labute approximate surface area is 65.1 Å². The van der Waals surface area contributed by atoms with Crippen molar-refractivity contribution in [3.63, 3.8) is 0 Å². The van der Waals surface area contributed by atoms with Gasteiger partial charge in [0.1, 0.15) is 0 Å². The quantitative estimate of drug-likeness (QED) is 0.654. The smallest absolute Gasteiger partial charge is 0.0703 e. The van der Waals surface area contributed by atoms with Crippen molar-refractivity contribution in [1.82, 2.24) is 0 Å². The lowest BCUT2D eigenvalue weighted by Gasteiger charge is -2.24. The monoisotopic (exact) mass is 164 g/mol. The van der Waals surface area contributed by atoms with Crippen molar-refractivity contribution in [3.8, 4) is 0 Å². The summed E-state index contributed by atoms with van der Waals surface area (Å²) < 4.78 is 10.7. The average Bonchev–Trinajstić information content (AvgIpc) is 1.60. The number of rotatable bonds is 2. The molecule has 0 aromatic carbocycles. The van der Waals surface area contributed by atoms with Crippen LogP contribution in [0.5, 0.6) is 0 Å². The van der Waals surface area contributed by atoms with Crippen molar-refractivity contribution in [1.29, 1.82) is 0 Å². The Morgan fingerprint density at radius 1 is 1.50 bits per heavy atom. The maximum atomic E-state index is 10.7. The molecule has 1 N–H and O–H groups in total.